The molecule has 3 nitrogen and oxygen atoms in total. The molecule has 0 radical (unpaired) electrons. The van der Waals surface area contributed by atoms with Crippen molar-refractivity contribution in [2.24, 2.45) is 0 Å². The number of halogens is 1. The molecule has 1 aromatic heterocycles. The molecule has 0 bridgehead atoms. The van der Waals surface area contributed by atoms with Crippen molar-refractivity contribution in [1.29, 1.82) is 0 Å². The van der Waals surface area contributed by atoms with Gasteiger partial charge in [-0.3, -0.25) is 5.10 Å². The fourth-order valence-electron chi connectivity index (χ4n) is 2.18. The van der Waals surface area contributed by atoms with Gasteiger partial charge in [-0.1, -0.05) is 35.9 Å². The van der Waals surface area contributed by atoms with Crippen LogP contribution in [0.5, 0.6) is 0 Å². The maximum absolute atomic E-state index is 6.03. The first-order valence-electron chi connectivity index (χ1n) is 6.18. The van der Waals surface area contributed by atoms with Gasteiger partial charge in [-0.25, -0.2) is 0 Å². The average Bonchev–Trinajstić information content (AvgIpc) is 2.88. The SMILES string of the molecule is CC(Nc1cccc2cn[nH]c12)c1cccc(Cl)c1. The highest BCUT2D eigenvalue weighted by molar-refractivity contribution is 6.30. The van der Waals surface area contributed by atoms with Crippen molar-refractivity contribution in [3.8, 4) is 0 Å². The van der Waals surface area contributed by atoms with Crippen LogP contribution in [-0.2, 0) is 0 Å². The minimum atomic E-state index is 0.174. The Labute approximate surface area is 116 Å². The minimum absolute atomic E-state index is 0.174. The van der Waals surface area contributed by atoms with E-state index in [9.17, 15) is 0 Å². The summed E-state index contributed by atoms with van der Waals surface area (Å²) in [5.41, 5.74) is 3.22. The Balaban J connectivity index is 1.90. The van der Waals surface area contributed by atoms with Gasteiger partial charge in [0.25, 0.3) is 0 Å². The third kappa shape index (κ3) is 2.42. The molecule has 0 fully saturated rings. The maximum Gasteiger partial charge on any atom is 0.0881 e. The predicted octanol–water partition coefficient (Wildman–Crippen LogP) is 4.39. The molecular formula is C15H14ClN3. The fraction of sp³-hybridized carbons (Fsp3) is 0.133. The molecule has 0 aliphatic heterocycles. The van der Waals surface area contributed by atoms with Gasteiger partial charge in [0.05, 0.1) is 17.4 Å². The Morgan fingerprint density at radius 2 is 2.05 bits per heavy atom. The van der Waals surface area contributed by atoms with Gasteiger partial charge < -0.3 is 5.32 Å². The number of fused-ring (bicyclic) bond motifs is 1. The zero-order valence-corrected chi connectivity index (χ0v) is 11.3. The van der Waals surface area contributed by atoms with Gasteiger partial charge in [-0.05, 0) is 30.7 Å². The highest BCUT2D eigenvalue weighted by atomic mass is 35.5. The van der Waals surface area contributed by atoms with Crippen molar-refractivity contribution < 1.29 is 0 Å². The molecule has 19 heavy (non-hydrogen) atoms. The second-order valence-electron chi connectivity index (χ2n) is 4.56. The number of H-pyrrole nitrogens is 1. The van der Waals surface area contributed by atoms with Crippen molar-refractivity contribution >= 4 is 28.2 Å². The standard InChI is InChI=1S/C15H14ClN3/c1-10(11-4-2-6-13(16)8-11)18-14-7-3-5-12-9-17-19-15(12)14/h2-10,18H,1H3,(H,17,19). The lowest BCUT2D eigenvalue weighted by molar-refractivity contribution is 0.886. The highest BCUT2D eigenvalue weighted by Gasteiger charge is 2.08. The molecule has 0 spiro atoms. The molecule has 4 heteroatoms. The van der Waals surface area contributed by atoms with Gasteiger partial charge >= 0.3 is 0 Å². The number of aromatic amines is 1. The Morgan fingerprint density at radius 3 is 2.89 bits per heavy atom. The van der Waals surface area contributed by atoms with Crippen LogP contribution in [0.15, 0.2) is 48.7 Å². The van der Waals surface area contributed by atoms with Gasteiger partial charge in [-0.15, -0.1) is 0 Å². The molecule has 1 unspecified atom stereocenters. The number of rotatable bonds is 3. The first-order valence-corrected chi connectivity index (χ1v) is 6.56. The number of anilines is 1. The third-order valence-electron chi connectivity index (χ3n) is 3.20. The second-order valence-corrected chi connectivity index (χ2v) is 5.00. The summed E-state index contributed by atoms with van der Waals surface area (Å²) in [6.45, 7) is 2.11. The van der Waals surface area contributed by atoms with E-state index in [0.29, 0.717) is 0 Å². The summed E-state index contributed by atoms with van der Waals surface area (Å²) >= 11 is 6.03. The molecule has 1 heterocycles. The Hall–Kier alpha value is -2.00. The largest absolute Gasteiger partial charge is 0.377 e. The van der Waals surface area contributed by atoms with Crippen LogP contribution in [0.25, 0.3) is 10.9 Å². The van der Waals surface area contributed by atoms with Gasteiger partial charge in [0.1, 0.15) is 0 Å². The lowest BCUT2D eigenvalue weighted by atomic mass is 10.1. The molecule has 0 aliphatic rings. The second kappa shape index (κ2) is 4.94. The zero-order valence-electron chi connectivity index (χ0n) is 10.5. The summed E-state index contributed by atoms with van der Waals surface area (Å²) in [6.07, 6.45) is 1.82. The van der Waals surface area contributed by atoms with Crippen molar-refractivity contribution in [2.75, 3.05) is 5.32 Å². The summed E-state index contributed by atoms with van der Waals surface area (Å²) in [5, 5.41) is 12.4. The normalized spacial score (nSPS) is 12.5. The molecule has 3 aromatic rings. The molecule has 0 aliphatic carbocycles. The number of hydrogen-bond donors (Lipinski definition) is 2. The molecule has 0 amide bonds. The third-order valence-corrected chi connectivity index (χ3v) is 3.43. The Bertz CT molecular complexity index is 705. The number of aromatic nitrogens is 2. The Kier molecular flexibility index (Phi) is 3.13. The topological polar surface area (TPSA) is 40.7 Å². The monoisotopic (exact) mass is 271 g/mol. The van der Waals surface area contributed by atoms with E-state index < -0.39 is 0 Å². The van der Waals surface area contributed by atoms with Crippen LogP contribution in [0.4, 0.5) is 5.69 Å². The van der Waals surface area contributed by atoms with E-state index in [0.717, 1.165) is 27.2 Å². The highest BCUT2D eigenvalue weighted by Crippen LogP contribution is 2.26. The van der Waals surface area contributed by atoms with Crippen LogP contribution in [0.2, 0.25) is 5.02 Å². The molecule has 0 saturated carbocycles. The van der Waals surface area contributed by atoms with Crippen molar-refractivity contribution in [3.63, 3.8) is 0 Å². The van der Waals surface area contributed by atoms with Crippen molar-refractivity contribution in [3.05, 3.63) is 59.2 Å². The van der Waals surface area contributed by atoms with E-state index in [1.807, 2.05) is 42.6 Å². The number of hydrogen-bond acceptors (Lipinski definition) is 2. The summed E-state index contributed by atoms with van der Waals surface area (Å²) in [5.74, 6) is 0. The number of benzene rings is 2. The zero-order chi connectivity index (χ0) is 13.2. The van der Waals surface area contributed by atoms with Gasteiger partial charge in [0, 0.05) is 16.5 Å². The van der Waals surface area contributed by atoms with Crippen LogP contribution in [0.3, 0.4) is 0 Å². The summed E-state index contributed by atoms with van der Waals surface area (Å²) < 4.78 is 0. The Morgan fingerprint density at radius 1 is 1.21 bits per heavy atom. The first-order chi connectivity index (χ1) is 9.24. The number of nitrogens with zero attached hydrogens (tertiary/aromatic N) is 1. The van der Waals surface area contributed by atoms with E-state index in [1.54, 1.807) is 0 Å². The van der Waals surface area contributed by atoms with E-state index in [4.69, 9.17) is 11.6 Å². The first kappa shape index (κ1) is 12.1. The van der Waals surface area contributed by atoms with E-state index in [2.05, 4.69) is 28.5 Å². The summed E-state index contributed by atoms with van der Waals surface area (Å²) in [6, 6.07) is 14.2. The average molecular weight is 272 g/mol. The van der Waals surface area contributed by atoms with E-state index in [-0.39, 0.29) is 6.04 Å². The molecule has 3 rings (SSSR count). The van der Waals surface area contributed by atoms with Gasteiger partial charge in [0.2, 0.25) is 0 Å². The predicted molar refractivity (Wildman–Crippen MR) is 79.6 cm³/mol. The van der Waals surface area contributed by atoms with Crippen molar-refractivity contribution in [2.45, 2.75) is 13.0 Å². The van der Waals surface area contributed by atoms with Gasteiger partial charge in [0.15, 0.2) is 0 Å². The van der Waals surface area contributed by atoms with E-state index >= 15 is 0 Å². The minimum Gasteiger partial charge on any atom is -0.377 e. The number of para-hydroxylation sites is 1. The lowest BCUT2D eigenvalue weighted by Gasteiger charge is -2.16. The summed E-state index contributed by atoms with van der Waals surface area (Å²) in [4.78, 5) is 0. The van der Waals surface area contributed by atoms with Crippen LogP contribution in [-0.4, -0.2) is 10.2 Å². The van der Waals surface area contributed by atoms with Gasteiger partial charge in [-0.2, -0.15) is 5.10 Å². The molecule has 1 atom stereocenters. The maximum atomic E-state index is 6.03. The number of nitrogens with one attached hydrogen (secondary N) is 2. The smallest absolute Gasteiger partial charge is 0.0881 e. The molecule has 2 aromatic carbocycles. The van der Waals surface area contributed by atoms with Crippen LogP contribution >= 0.6 is 11.6 Å². The van der Waals surface area contributed by atoms with Crippen molar-refractivity contribution in [1.82, 2.24) is 10.2 Å². The van der Waals surface area contributed by atoms with Crippen LogP contribution < -0.4 is 5.32 Å². The molecule has 2 N–H and O–H groups in total. The molecular weight excluding hydrogens is 258 g/mol. The summed E-state index contributed by atoms with van der Waals surface area (Å²) in [7, 11) is 0. The quantitative estimate of drug-likeness (QED) is 0.742. The van der Waals surface area contributed by atoms with Crippen LogP contribution in [0, 0.1) is 0 Å². The molecule has 96 valence electrons. The van der Waals surface area contributed by atoms with Crippen LogP contribution in [0.1, 0.15) is 18.5 Å². The van der Waals surface area contributed by atoms with E-state index in [1.165, 1.54) is 0 Å². The lowest BCUT2D eigenvalue weighted by Crippen LogP contribution is -2.06. The molecule has 0 saturated heterocycles. The fourth-order valence-corrected chi connectivity index (χ4v) is 2.38.